The molecule has 2 aliphatic heterocycles. The quantitative estimate of drug-likeness (QED) is 0.723. The second-order valence-electron chi connectivity index (χ2n) is 5.31. The predicted molar refractivity (Wildman–Crippen MR) is 69.1 cm³/mol. The van der Waals surface area contributed by atoms with Gasteiger partial charge in [-0.05, 0) is 25.7 Å². The molecule has 0 saturated carbocycles. The van der Waals surface area contributed by atoms with Crippen LogP contribution < -0.4 is 0 Å². The molecule has 2 heterocycles. The second kappa shape index (κ2) is 7.04. The zero-order chi connectivity index (χ0) is 14.5. The van der Waals surface area contributed by atoms with Crippen LogP contribution in [0, 0.1) is 0 Å². The van der Waals surface area contributed by atoms with Gasteiger partial charge in [0.1, 0.15) is 0 Å². The number of hydrogen-bond donors (Lipinski definition) is 0. The standard InChI is InChI=1S/C14H22O6/c1-17-13(15)7-9-3-5-12-11(19-9)6-4-10(20-12)8-14(16)18-2/h9-12H,3-8H2,1-2H3/t9-,10-,11-,12-/m1/s1. The first-order chi connectivity index (χ1) is 9.62. The first-order valence-electron chi connectivity index (χ1n) is 7.07. The van der Waals surface area contributed by atoms with Gasteiger partial charge in [-0.25, -0.2) is 0 Å². The zero-order valence-electron chi connectivity index (χ0n) is 12.0. The third-order valence-electron chi connectivity index (χ3n) is 3.94. The van der Waals surface area contributed by atoms with E-state index in [-0.39, 0.29) is 36.4 Å². The van der Waals surface area contributed by atoms with Crippen LogP contribution in [0.25, 0.3) is 0 Å². The first-order valence-corrected chi connectivity index (χ1v) is 7.07. The van der Waals surface area contributed by atoms with E-state index in [0.29, 0.717) is 12.8 Å². The Kier molecular flexibility index (Phi) is 5.37. The Morgan fingerprint density at radius 3 is 1.60 bits per heavy atom. The van der Waals surface area contributed by atoms with E-state index >= 15 is 0 Å². The van der Waals surface area contributed by atoms with Crippen LogP contribution in [-0.4, -0.2) is 50.6 Å². The molecule has 114 valence electrons. The molecular formula is C14H22O6. The van der Waals surface area contributed by atoms with Crippen molar-refractivity contribution in [1.82, 2.24) is 0 Å². The molecule has 0 aromatic rings. The van der Waals surface area contributed by atoms with Gasteiger partial charge in [0.05, 0.1) is 51.5 Å². The van der Waals surface area contributed by atoms with Crippen LogP contribution >= 0.6 is 0 Å². The Morgan fingerprint density at radius 2 is 1.25 bits per heavy atom. The van der Waals surface area contributed by atoms with Gasteiger partial charge >= 0.3 is 11.9 Å². The maximum absolute atomic E-state index is 11.3. The molecule has 2 aliphatic rings. The van der Waals surface area contributed by atoms with Crippen molar-refractivity contribution in [2.45, 2.75) is 62.9 Å². The lowest BCUT2D eigenvalue weighted by Gasteiger charge is -2.41. The smallest absolute Gasteiger partial charge is 0.308 e. The molecule has 0 radical (unpaired) electrons. The molecule has 6 nitrogen and oxygen atoms in total. The monoisotopic (exact) mass is 286 g/mol. The van der Waals surface area contributed by atoms with E-state index < -0.39 is 0 Å². The molecule has 0 aliphatic carbocycles. The molecular weight excluding hydrogens is 264 g/mol. The summed E-state index contributed by atoms with van der Waals surface area (Å²) in [5.74, 6) is -0.484. The highest BCUT2D eigenvalue weighted by Crippen LogP contribution is 2.33. The Hall–Kier alpha value is -1.14. The van der Waals surface area contributed by atoms with Gasteiger partial charge in [0.2, 0.25) is 0 Å². The molecule has 0 aromatic carbocycles. The predicted octanol–water partition coefficient (Wildman–Crippen LogP) is 1.21. The summed E-state index contributed by atoms with van der Waals surface area (Å²) < 4.78 is 21.1. The van der Waals surface area contributed by atoms with Gasteiger partial charge in [-0.2, -0.15) is 0 Å². The average Bonchev–Trinajstić information content (AvgIpc) is 2.47. The number of hydrogen-bond acceptors (Lipinski definition) is 6. The Labute approximate surface area is 118 Å². The highest BCUT2D eigenvalue weighted by atomic mass is 16.6. The van der Waals surface area contributed by atoms with Gasteiger partial charge in [-0.1, -0.05) is 0 Å². The summed E-state index contributed by atoms with van der Waals surface area (Å²) in [6, 6.07) is 0. The summed E-state index contributed by atoms with van der Waals surface area (Å²) in [5, 5.41) is 0. The van der Waals surface area contributed by atoms with E-state index in [1.54, 1.807) is 0 Å². The van der Waals surface area contributed by atoms with E-state index in [9.17, 15) is 9.59 Å². The molecule has 0 unspecified atom stereocenters. The lowest BCUT2D eigenvalue weighted by Crippen LogP contribution is -2.47. The highest BCUT2D eigenvalue weighted by Gasteiger charge is 2.38. The molecule has 2 saturated heterocycles. The van der Waals surface area contributed by atoms with Crippen molar-refractivity contribution < 1.29 is 28.5 Å². The van der Waals surface area contributed by atoms with Crippen LogP contribution in [-0.2, 0) is 28.5 Å². The van der Waals surface area contributed by atoms with Crippen LogP contribution in [0.4, 0.5) is 0 Å². The van der Waals surface area contributed by atoms with Crippen molar-refractivity contribution in [3.05, 3.63) is 0 Å². The third kappa shape index (κ3) is 3.93. The summed E-state index contributed by atoms with van der Waals surface area (Å²) in [5.41, 5.74) is 0. The van der Waals surface area contributed by atoms with E-state index in [1.165, 1.54) is 14.2 Å². The van der Waals surface area contributed by atoms with Gasteiger partial charge in [0, 0.05) is 0 Å². The SMILES string of the molecule is COC(=O)C[C@H]1CC[C@H]2O[C@@H](CC(=O)OC)CC[C@H]2O1. The number of esters is 2. The van der Waals surface area contributed by atoms with Crippen molar-refractivity contribution in [2.24, 2.45) is 0 Å². The van der Waals surface area contributed by atoms with E-state index in [1.807, 2.05) is 0 Å². The lowest BCUT2D eigenvalue weighted by molar-refractivity contribution is -0.195. The van der Waals surface area contributed by atoms with Crippen molar-refractivity contribution >= 4 is 11.9 Å². The number of carbonyl (C=O) groups is 2. The molecule has 0 bridgehead atoms. The molecule has 2 rings (SSSR count). The maximum atomic E-state index is 11.3. The van der Waals surface area contributed by atoms with Crippen LogP contribution in [0.1, 0.15) is 38.5 Å². The fourth-order valence-corrected chi connectivity index (χ4v) is 2.85. The number of methoxy groups -OCH3 is 2. The topological polar surface area (TPSA) is 71.1 Å². The van der Waals surface area contributed by atoms with Gasteiger partial charge in [-0.3, -0.25) is 9.59 Å². The van der Waals surface area contributed by atoms with Gasteiger partial charge in [-0.15, -0.1) is 0 Å². The normalized spacial score (nSPS) is 33.1. The minimum atomic E-state index is -0.242. The fraction of sp³-hybridized carbons (Fsp3) is 0.857. The lowest BCUT2D eigenvalue weighted by atomic mass is 9.92. The molecule has 6 heteroatoms. The van der Waals surface area contributed by atoms with Crippen LogP contribution in [0.3, 0.4) is 0 Å². The Morgan fingerprint density at radius 1 is 0.850 bits per heavy atom. The molecule has 4 atom stereocenters. The third-order valence-corrected chi connectivity index (χ3v) is 3.94. The fourth-order valence-electron chi connectivity index (χ4n) is 2.85. The van der Waals surface area contributed by atoms with E-state index in [4.69, 9.17) is 9.47 Å². The van der Waals surface area contributed by atoms with Crippen molar-refractivity contribution in [3.8, 4) is 0 Å². The van der Waals surface area contributed by atoms with Crippen LogP contribution in [0.15, 0.2) is 0 Å². The van der Waals surface area contributed by atoms with Crippen molar-refractivity contribution in [1.29, 1.82) is 0 Å². The number of fused-ring (bicyclic) bond motifs is 1. The number of ether oxygens (including phenoxy) is 4. The summed E-state index contributed by atoms with van der Waals surface area (Å²) in [7, 11) is 2.77. The van der Waals surface area contributed by atoms with Gasteiger partial charge < -0.3 is 18.9 Å². The molecule has 2 fully saturated rings. The summed E-state index contributed by atoms with van der Waals surface area (Å²) in [6.07, 6.45) is 3.74. The van der Waals surface area contributed by atoms with Crippen molar-refractivity contribution in [2.75, 3.05) is 14.2 Å². The van der Waals surface area contributed by atoms with Crippen LogP contribution in [0.5, 0.6) is 0 Å². The molecule has 0 spiro atoms. The minimum Gasteiger partial charge on any atom is -0.469 e. The first kappa shape index (κ1) is 15.3. The van der Waals surface area contributed by atoms with Gasteiger partial charge in [0.25, 0.3) is 0 Å². The van der Waals surface area contributed by atoms with Crippen molar-refractivity contribution in [3.63, 3.8) is 0 Å². The van der Waals surface area contributed by atoms with E-state index in [0.717, 1.165) is 25.7 Å². The zero-order valence-corrected chi connectivity index (χ0v) is 12.0. The number of carbonyl (C=O) groups excluding carboxylic acids is 2. The van der Waals surface area contributed by atoms with Crippen LogP contribution in [0.2, 0.25) is 0 Å². The maximum Gasteiger partial charge on any atom is 0.308 e. The summed E-state index contributed by atoms with van der Waals surface area (Å²) in [4.78, 5) is 22.5. The second-order valence-corrected chi connectivity index (χ2v) is 5.31. The largest absolute Gasteiger partial charge is 0.469 e. The Balaban J connectivity index is 1.80. The molecule has 0 amide bonds. The molecule has 0 N–H and O–H groups in total. The summed E-state index contributed by atoms with van der Waals surface area (Å²) in [6.45, 7) is 0. The highest BCUT2D eigenvalue weighted by molar-refractivity contribution is 5.70. The molecule has 20 heavy (non-hydrogen) atoms. The molecule has 0 aromatic heterocycles. The summed E-state index contributed by atoms with van der Waals surface area (Å²) >= 11 is 0. The minimum absolute atomic E-state index is 0.0207. The van der Waals surface area contributed by atoms with Gasteiger partial charge in [0.15, 0.2) is 0 Å². The number of rotatable bonds is 4. The van der Waals surface area contributed by atoms with E-state index in [2.05, 4.69) is 9.47 Å². The average molecular weight is 286 g/mol. The Bertz CT molecular complexity index is 322.